The predicted molar refractivity (Wildman–Crippen MR) is 90.8 cm³/mol. The minimum Gasteiger partial charge on any atom is -0.377 e. The van der Waals surface area contributed by atoms with Gasteiger partial charge in [-0.25, -0.2) is 0 Å². The van der Waals surface area contributed by atoms with Gasteiger partial charge in [-0.05, 0) is 34.5 Å². The van der Waals surface area contributed by atoms with Crippen molar-refractivity contribution in [2.75, 3.05) is 39.6 Å². The van der Waals surface area contributed by atoms with Crippen molar-refractivity contribution in [2.45, 2.75) is 13.5 Å². The molecule has 0 heterocycles. The molecule has 1 rings (SSSR count). The van der Waals surface area contributed by atoms with Crippen LogP contribution in [-0.4, -0.2) is 39.6 Å². The average molecular weight is 412 g/mol. The molecule has 6 heteroatoms. The van der Waals surface area contributed by atoms with Crippen LogP contribution in [0.15, 0.2) is 24.3 Å². The summed E-state index contributed by atoms with van der Waals surface area (Å²) >= 11 is 2.19. The fraction of sp³-hybridized carbons (Fsp3) is 0.571. The largest absolute Gasteiger partial charge is 0.377 e. The van der Waals surface area contributed by atoms with Crippen molar-refractivity contribution in [1.82, 2.24) is 0 Å². The van der Waals surface area contributed by atoms with Crippen LogP contribution < -0.4 is 0 Å². The third kappa shape index (κ3) is 10.0. The molecule has 0 aliphatic rings. The van der Waals surface area contributed by atoms with E-state index in [9.17, 15) is 0 Å². The second-order valence-corrected chi connectivity index (χ2v) is 5.96. The Bertz CT molecular complexity index is 352. The van der Waals surface area contributed by atoms with Gasteiger partial charge in [0.15, 0.2) is 0 Å². The molecule has 0 spiro atoms. The third-order valence-corrected chi connectivity index (χ3v) is 3.73. The number of hydrogen-bond acceptors (Lipinski definition) is 4. The third-order valence-electron chi connectivity index (χ3n) is 2.48. The summed E-state index contributed by atoms with van der Waals surface area (Å²) in [4.78, 5) is 0. The first-order chi connectivity index (χ1) is 9.83. The highest BCUT2D eigenvalue weighted by molar-refractivity contribution is 14.2. The molecule has 1 aromatic carbocycles. The zero-order chi connectivity index (χ0) is 14.5. The van der Waals surface area contributed by atoms with Crippen LogP contribution in [0.2, 0.25) is 0 Å². The molecule has 0 bridgehead atoms. The van der Waals surface area contributed by atoms with Crippen molar-refractivity contribution >= 4 is 28.5 Å². The van der Waals surface area contributed by atoms with E-state index in [0.29, 0.717) is 52.7 Å². The van der Waals surface area contributed by atoms with Gasteiger partial charge in [-0.15, -0.1) is 0 Å². The minimum atomic E-state index is 0.499. The summed E-state index contributed by atoms with van der Waals surface area (Å²) in [6.45, 7) is 6.90. The van der Waals surface area contributed by atoms with E-state index in [0.717, 1.165) is 0 Å². The Morgan fingerprint density at radius 2 is 1.60 bits per heavy atom. The van der Waals surface area contributed by atoms with Crippen LogP contribution in [0.5, 0.6) is 0 Å². The molecule has 0 radical (unpaired) electrons. The monoisotopic (exact) mass is 412 g/mol. The molecule has 0 aromatic heterocycles. The fourth-order valence-electron chi connectivity index (χ4n) is 1.57. The number of halogens is 1. The Labute approximate surface area is 135 Å². The molecule has 20 heavy (non-hydrogen) atoms. The van der Waals surface area contributed by atoms with Crippen molar-refractivity contribution in [3.05, 3.63) is 35.4 Å². The maximum atomic E-state index is 5.55. The van der Waals surface area contributed by atoms with Crippen LogP contribution in [-0.2, 0) is 25.3 Å². The lowest BCUT2D eigenvalue weighted by Gasteiger charge is -2.07. The molecule has 0 saturated heterocycles. The Kier molecular flexibility index (Phi) is 11.8. The summed E-state index contributed by atoms with van der Waals surface area (Å²) < 4.78 is 21.5. The van der Waals surface area contributed by atoms with E-state index in [1.165, 1.54) is 11.1 Å². The predicted octanol–water partition coefficient (Wildman–Crippen LogP) is 3.50. The maximum absolute atomic E-state index is 5.55. The molecule has 0 fully saturated rings. The smallest absolute Gasteiger partial charge is 0.0794 e. The van der Waals surface area contributed by atoms with Gasteiger partial charge in [0, 0.05) is 0 Å². The van der Waals surface area contributed by atoms with Gasteiger partial charge >= 0.3 is 0 Å². The molecule has 1 aromatic rings. The highest BCUT2D eigenvalue weighted by atomic mass is 127. The molecule has 0 saturated carbocycles. The lowest BCUT2D eigenvalue weighted by atomic mass is 10.1. The zero-order valence-electron chi connectivity index (χ0n) is 11.8. The fourth-order valence-corrected chi connectivity index (χ4v) is 2.39. The summed E-state index contributed by atoms with van der Waals surface area (Å²) in [5.41, 5.74) is 2.45. The van der Waals surface area contributed by atoms with Gasteiger partial charge in [-0.1, -0.05) is 29.8 Å². The quantitative estimate of drug-likeness (QED) is 0.299. The molecule has 4 nitrogen and oxygen atoms in total. The Morgan fingerprint density at radius 3 is 2.25 bits per heavy atom. The topological polar surface area (TPSA) is 36.9 Å². The second kappa shape index (κ2) is 12.9. The van der Waals surface area contributed by atoms with Gasteiger partial charge in [0.1, 0.15) is 0 Å². The molecule has 0 aliphatic heterocycles. The molecule has 1 atom stereocenters. The van der Waals surface area contributed by atoms with Gasteiger partial charge in [0.05, 0.1) is 52.7 Å². The standard InChI is InChI=1S/C14H22IO4P/c1-13-3-2-4-14(11-13)12-18-8-7-16-5-6-17-9-10-19-20-15/h2-4,11,20H,5-10,12H2,1H3. The Balaban J connectivity index is 1.85. The van der Waals surface area contributed by atoms with E-state index in [4.69, 9.17) is 18.7 Å². The number of hydrogen-bond donors (Lipinski definition) is 0. The summed E-state index contributed by atoms with van der Waals surface area (Å²) in [7, 11) is 0. The number of aryl methyl sites for hydroxylation is 1. The van der Waals surface area contributed by atoms with Crippen molar-refractivity contribution in [1.29, 1.82) is 0 Å². The van der Waals surface area contributed by atoms with E-state index < -0.39 is 0 Å². The first kappa shape index (κ1) is 18.3. The molecule has 1 unspecified atom stereocenters. The normalized spacial score (nSPS) is 11.5. The SMILES string of the molecule is Cc1cccc(COCCOCCOCCOPI)c1. The van der Waals surface area contributed by atoms with Crippen LogP contribution in [0.1, 0.15) is 11.1 Å². The Hall–Kier alpha value is 0.220. The maximum Gasteiger partial charge on any atom is 0.0794 e. The number of ether oxygens (including phenoxy) is 3. The van der Waals surface area contributed by atoms with Gasteiger partial charge < -0.3 is 18.7 Å². The highest BCUT2D eigenvalue weighted by Crippen LogP contribution is 2.20. The van der Waals surface area contributed by atoms with Crippen molar-refractivity contribution < 1.29 is 18.7 Å². The average Bonchev–Trinajstić information content (AvgIpc) is 2.45. The first-order valence-electron chi connectivity index (χ1n) is 6.59. The second-order valence-electron chi connectivity index (χ2n) is 4.19. The van der Waals surface area contributed by atoms with Crippen LogP contribution in [0, 0.1) is 6.92 Å². The number of benzene rings is 1. The lowest BCUT2D eigenvalue weighted by molar-refractivity contribution is 0.00678. The van der Waals surface area contributed by atoms with Gasteiger partial charge in [0.25, 0.3) is 0 Å². The van der Waals surface area contributed by atoms with E-state index in [1.54, 1.807) is 0 Å². The van der Waals surface area contributed by atoms with E-state index in [2.05, 4.69) is 47.2 Å². The van der Waals surface area contributed by atoms with Crippen LogP contribution >= 0.6 is 28.5 Å². The van der Waals surface area contributed by atoms with Crippen LogP contribution in [0.4, 0.5) is 0 Å². The van der Waals surface area contributed by atoms with Crippen molar-refractivity contribution in [2.24, 2.45) is 0 Å². The Morgan fingerprint density at radius 1 is 0.950 bits per heavy atom. The summed E-state index contributed by atoms with van der Waals surface area (Å²) in [5, 5.41) is 0. The number of rotatable bonds is 12. The zero-order valence-corrected chi connectivity index (χ0v) is 14.9. The first-order valence-corrected chi connectivity index (χ1v) is 10.6. The van der Waals surface area contributed by atoms with Crippen molar-refractivity contribution in [3.63, 3.8) is 0 Å². The molecular formula is C14H22IO4P. The molecule has 114 valence electrons. The van der Waals surface area contributed by atoms with Gasteiger partial charge in [0.2, 0.25) is 0 Å². The van der Waals surface area contributed by atoms with Gasteiger partial charge in [-0.2, -0.15) is 0 Å². The molecular weight excluding hydrogens is 390 g/mol. The molecule has 0 amide bonds. The van der Waals surface area contributed by atoms with E-state index >= 15 is 0 Å². The molecule has 0 aliphatic carbocycles. The summed E-state index contributed by atoms with van der Waals surface area (Å²) in [6, 6.07) is 8.33. The minimum absolute atomic E-state index is 0.499. The molecule has 0 N–H and O–H groups in total. The van der Waals surface area contributed by atoms with Crippen LogP contribution in [0.3, 0.4) is 0 Å². The summed E-state index contributed by atoms with van der Waals surface area (Å²) in [6.07, 6.45) is 0. The van der Waals surface area contributed by atoms with Gasteiger partial charge in [-0.3, -0.25) is 0 Å². The summed E-state index contributed by atoms with van der Waals surface area (Å²) in [5.74, 6) is 0. The lowest BCUT2D eigenvalue weighted by Crippen LogP contribution is -2.11. The van der Waals surface area contributed by atoms with E-state index in [-0.39, 0.29) is 0 Å². The van der Waals surface area contributed by atoms with Crippen molar-refractivity contribution in [3.8, 4) is 0 Å². The van der Waals surface area contributed by atoms with Crippen LogP contribution in [0.25, 0.3) is 0 Å². The highest BCUT2D eigenvalue weighted by Gasteiger charge is 1.95. The van der Waals surface area contributed by atoms with E-state index in [1.807, 2.05) is 6.07 Å².